The van der Waals surface area contributed by atoms with Gasteiger partial charge in [0.2, 0.25) is 0 Å². The summed E-state index contributed by atoms with van der Waals surface area (Å²) < 4.78 is 0. The molecule has 0 saturated carbocycles. The van der Waals surface area contributed by atoms with E-state index in [-0.39, 0.29) is 0 Å². The first-order valence-corrected chi connectivity index (χ1v) is 32.5. The molecule has 0 aliphatic carbocycles. The molecular formula is C70H149N9. The predicted molar refractivity (Wildman–Crippen MR) is 355 cm³/mol. The second-order valence-electron chi connectivity index (χ2n) is 37.9. The van der Waals surface area contributed by atoms with Gasteiger partial charge in [0.25, 0.3) is 0 Å². The van der Waals surface area contributed by atoms with Crippen molar-refractivity contribution in [3.8, 4) is 0 Å². The van der Waals surface area contributed by atoms with E-state index in [1.54, 1.807) is 0 Å². The van der Waals surface area contributed by atoms with Gasteiger partial charge in [-0.1, -0.05) is 83.1 Å². The van der Waals surface area contributed by atoms with Gasteiger partial charge in [-0.3, -0.25) is 44.5 Å². The zero-order valence-corrected chi connectivity index (χ0v) is 61.1. The lowest BCUT2D eigenvalue weighted by Crippen LogP contribution is -2.59. The standard InChI is InChI=1S/C13H27N.C12H26N2.C12H25N.2C11H24N2.C11H23N/c1-12(2,3)11-7-9-14(10-8-11)13(4,5)6;1-11(2,3)13-7-9-14(10-8-13)12(4,5)6;1-11(2,3)10-7-8-13(9-10)12(4,5)6;1-10(2,3)9-7-13(8-12-9)11(4,5)6;1-10(2,3)12-7-8-13(9-12)11(4,5)6;1-10(2,3)9-7-12(8-9)11(4,5)6/h11H,7-10H2,1-6H3;7-10H2,1-6H3;10H,7-9H2,1-6H3;9,12H,7-8H2,1-6H3;7-9H2,1-6H3;9H,7-8H2,1-6H3. The van der Waals surface area contributed by atoms with Crippen LogP contribution in [0.5, 0.6) is 0 Å². The molecule has 0 radical (unpaired) electrons. The molecule has 9 nitrogen and oxygen atoms in total. The maximum Gasteiger partial charge on any atom is 0.0516 e. The van der Waals surface area contributed by atoms with Gasteiger partial charge in [0.1, 0.15) is 0 Å². The van der Waals surface area contributed by atoms with E-state index in [4.69, 9.17) is 0 Å². The van der Waals surface area contributed by atoms with Crippen LogP contribution in [0.3, 0.4) is 0 Å². The smallest absolute Gasteiger partial charge is 0.0516 e. The first kappa shape index (κ1) is 76.7. The zero-order valence-electron chi connectivity index (χ0n) is 61.1. The van der Waals surface area contributed by atoms with Crippen LogP contribution in [0.4, 0.5) is 0 Å². The van der Waals surface area contributed by atoms with Gasteiger partial charge < -0.3 is 0 Å². The average Bonchev–Trinajstić information content (AvgIpc) is 4.01. The summed E-state index contributed by atoms with van der Waals surface area (Å²) in [6, 6.07) is 0.631. The van der Waals surface area contributed by atoms with E-state index in [0.29, 0.717) is 72.0 Å². The monoisotopic (exact) mass is 1120 g/mol. The van der Waals surface area contributed by atoms with Crippen LogP contribution in [0.25, 0.3) is 0 Å². The van der Waals surface area contributed by atoms with E-state index in [0.717, 1.165) is 31.1 Å². The Hall–Kier alpha value is -0.360. The van der Waals surface area contributed by atoms with Crippen molar-refractivity contribution in [1.29, 1.82) is 0 Å². The lowest BCUT2D eigenvalue weighted by atomic mass is 9.74. The molecule has 0 bridgehead atoms. The quantitative estimate of drug-likeness (QED) is 0.255. The Balaban J connectivity index is 0.000000474. The first-order valence-electron chi connectivity index (χ1n) is 32.5. The van der Waals surface area contributed by atoms with Crippen LogP contribution < -0.4 is 5.32 Å². The van der Waals surface area contributed by atoms with Crippen molar-refractivity contribution in [3.05, 3.63) is 0 Å². The number of piperidine rings is 1. The molecule has 2 unspecified atom stereocenters. The van der Waals surface area contributed by atoms with Crippen LogP contribution in [-0.2, 0) is 0 Å². The van der Waals surface area contributed by atoms with Crippen molar-refractivity contribution in [2.75, 3.05) is 98.4 Å². The Labute approximate surface area is 499 Å². The normalized spacial score (nSPS) is 24.0. The van der Waals surface area contributed by atoms with Gasteiger partial charge in [-0.15, -0.1) is 0 Å². The summed E-state index contributed by atoms with van der Waals surface area (Å²) in [6.45, 7) is 102. The highest BCUT2D eigenvalue weighted by molar-refractivity contribution is 4.95. The SMILES string of the molecule is CC(C)(C)C1CCN(C(C)(C)C)C1.CC(C)(C)C1CCN(C(C)(C)C)CC1.CC(C)(C)C1CN(C(C)(C)C)C1.CC(C)(C)C1CN(C(C)(C)C)CN1.CC(C)(C)N1CCN(C(C)(C)C)C1.CC(C)(C)N1CCN(C(C)(C)C)CC1. The molecule has 6 saturated heterocycles. The Morgan fingerprint density at radius 2 is 0.481 bits per heavy atom. The summed E-state index contributed by atoms with van der Waals surface area (Å²) in [4.78, 5) is 20.5. The second-order valence-corrected chi connectivity index (χ2v) is 37.9. The maximum absolute atomic E-state index is 3.58. The van der Waals surface area contributed by atoms with Crippen LogP contribution >= 0.6 is 0 Å². The second kappa shape index (κ2) is 28.4. The van der Waals surface area contributed by atoms with Crippen molar-refractivity contribution < 1.29 is 0 Å². The molecule has 1 N–H and O–H groups in total. The summed E-state index contributed by atoms with van der Waals surface area (Å²) in [6.07, 6.45) is 4.13. The van der Waals surface area contributed by atoms with E-state index in [1.807, 2.05) is 0 Å². The van der Waals surface area contributed by atoms with E-state index >= 15 is 0 Å². The highest BCUT2D eigenvalue weighted by atomic mass is 15.4. The lowest BCUT2D eigenvalue weighted by Gasteiger charge is -2.52. The minimum absolute atomic E-state index is 0.299. The molecule has 6 rings (SSSR count). The third kappa shape index (κ3) is 27.7. The Bertz CT molecular complexity index is 1410. The summed E-state index contributed by atoms with van der Waals surface area (Å²) in [7, 11) is 0. The van der Waals surface area contributed by atoms with Gasteiger partial charge >= 0.3 is 0 Å². The number of piperazine rings is 1. The minimum atomic E-state index is 0.299. The van der Waals surface area contributed by atoms with Gasteiger partial charge in [0.15, 0.2) is 0 Å². The summed E-state index contributed by atoms with van der Waals surface area (Å²) in [5.74, 6) is 2.70. The molecule has 0 aromatic heterocycles. The fourth-order valence-electron chi connectivity index (χ4n) is 11.5. The van der Waals surface area contributed by atoms with Crippen LogP contribution in [0, 0.1) is 39.4 Å². The highest BCUT2D eigenvalue weighted by Crippen LogP contribution is 2.39. The fraction of sp³-hybridized carbons (Fsp3) is 1.00. The molecule has 6 fully saturated rings. The van der Waals surface area contributed by atoms with Crippen molar-refractivity contribution in [3.63, 3.8) is 0 Å². The molecule has 79 heavy (non-hydrogen) atoms. The third-order valence-electron chi connectivity index (χ3n) is 19.1. The van der Waals surface area contributed by atoms with Crippen LogP contribution in [0.2, 0.25) is 0 Å². The average molecular weight is 1120 g/mol. The summed E-state index contributed by atoms with van der Waals surface area (Å²) in [5.41, 5.74) is 4.58. The van der Waals surface area contributed by atoms with E-state index < -0.39 is 0 Å². The molecule has 2 atom stereocenters. The van der Waals surface area contributed by atoms with Crippen LogP contribution in [0.15, 0.2) is 0 Å². The predicted octanol–water partition coefficient (Wildman–Crippen LogP) is 15.9. The van der Waals surface area contributed by atoms with Crippen molar-refractivity contribution in [2.45, 2.75) is 319 Å². The Kier molecular flexibility index (Phi) is 27.6. The Morgan fingerprint density at radius 3 is 0.696 bits per heavy atom. The third-order valence-corrected chi connectivity index (χ3v) is 19.1. The molecule has 0 aromatic rings. The maximum atomic E-state index is 3.58. The van der Waals surface area contributed by atoms with Crippen molar-refractivity contribution >= 4 is 0 Å². The van der Waals surface area contributed by atoms with Crippen molar-refractivity contribution in [1.82, 2.24) is 44.5 Å². The molecule has 0 spiro atoms. The molecule has 0 amide bonds. The molecule has 9 heteroatoms. The van der Waals surface area contributed by atoms with E-state index in [1.165, 1.54) is 104 Å². The number of hydrogen-bond acceptors (Lipinski definition) is 9. The fourth-order valence-corrected chi connectivity index (χ4v) is 11.5. The number of hydrogen-bond donors (Lipinski definition) is 1. The van der Waals surface area contributed by atoms with Crippen molar-refractivity contribution in [2.24, 2.45) is 39.4 Å². The molecule has 6 aliphatic rings. The number of nitrogens with one attached hydrogen (secondary N) is 1. The van der Waals surface area contributed by atoms with E-state index in [2.05, 4.69) is 294 Å². The van der Waals surface area contributed by atoms with Gasteiger partial charge in [-0.25, -0.2) is 0 Å². The largest absolute Gasteiger partial charge is 0.300 e. The van der Waals surface area contributed by atoms with Gasteiger partial charge in [0, 0.05) is 122 Å². The molecule has 474 valence electrons. The molecule has 6 aliphatic heterocycles. The van der Waals surface area contributed by atoms with Gasteiger partial charge in [-0.05, 0) is 244 Å². The van der Waals surface area contributed by atoms with Gasteiger partial charge in [0.05, 0.1) is 6.67 Å². The number of likely N-dealkylation sites (tertiary alicyclic amines) is 3. The Morgan fingerprint density at radius 1 is 0.228 bits per heavy atom. The van der Waals surface area contributed by atoms with Crippen LogP contribution in [-0.4, -0.2) is 188 Å². The molecule has 6 heterocycles. The first-order chi connectivity index (χ1) is 34.8. The topological polar surface area (TPSA) is 38.0 Å². The summed E-state index contributed by atoms with van der Waals surface area (Å²) in [5, 5.41) is 3.58. The van der Waals surface area contributed by atoms with Gasteiger partial charge in [-0.2, -0.15) is 0 Å². The zero-order chi connectivity index (χ0) is 62.4. The summed E-state index contributed by atoms with van der Waals surface area (Å²) >= 11 is 0. The molecular weight excluding hydrogens is 967 g/mol. The highest BCUT2D eigenvalue weighted by Gasteiger charge is 2.41. The number of nitrogens with zero attached hydrogens (tertiary/aromatic N) is 8. The van der Waals surface area contributed by atoms with Crippen LogP contribution in [0.1, 0.15) is 269 Å². The molecule has 0 aromatic carbocycles. The van der Waals surface area contributed by atoms with E-state index in [9.17, 15) is 0 Å². The minimum Gasteiger partial charge on any atom is -0.300 e. The lowest BCUT2D eigenvalue weighted by molar-refractivity contribution is -0.0345. The number of rotatable bonds is 0.